The van der Waals surface area contributed by atoms with Gasteiger partial charge >= 0.3 is 19.8 Å². The summed E-state index contributed by atoms with van der Waals surface area (Å²) >= 11 is 0. The lowest BCUT2D eigenvalue weighted by Crippen LogP contribution is -2.29. The third kappa shape index (κ3) is 33.7. The molecule has 10 heteroatoms. The molecule has 1 aliphatic heterocycles. The monoisotopic (exact) mass is 762 g/mol. The minimum atomic E-state index is -4.78. The lowest BCUT2D eigenvalue weighted by Gasteiger charge is -2.18. The fraction of sp³-hybridized carbons (Fsp3) is 0.674. The molecule has 1 heterocycles. The first kappa shape index (κ1) is 48.5. The molecular formula is C43H71O9P. The summed E-state index contributed by atoms with van der Waals surface area (Å²) in [6.07, 6.45) is 46.6. The SMILES string of the molecule is CCCCC/C=C\C/C=C\C/C=C\C/C=C\C/C=C\CCC(=O)O[C@H](COC(=O)CCCCCCC/C=C\CC1OC1CCCCC)COP(=O)(O)O. The van der Waals surface area contributed by atoms with Crippen LogP contribution in [0.4, 0.5) is 0 Å². The molecule has 53 heavy (non-hydrogen) atoms. The lowest BCUT2D eigenvalue weighted by molar-refractivity contribution is -0.161. The van der Waals surface area contributed by atoms with E-state index < -0.39 is 32.5 Å². The van der Waals surface area contributed by atoms with Gasteiger partial charge in [0.1, 0.15) is 6.61 Å². The molecule has 0 bridgehead atoms. The van der Waals surface area contributed by atoms with Crippen LogP contribution < -0.4 is 0 Å². The quantitative estimate of drug-likeness (QED) is 0.0213. The van der Waals surface area contributed by atoms with E-state index in [2.05, 4.69) is 79.1 Å². The summed E-state index contributed by atoms with van der Waals surface area (Å²) in [5.41, 5.74) is 0. The Labute approximate surface area is 321 Å². The van der Waals surface area contributed by atoms with Crippen molar-refractivity contribution >= 4 is 19.8 Å². The first-order chi connectivity index (χ1) is 25.7. The van der Waals surface area contributed by atoms with Crippen LogP contribution >= 0.6 is 7.82 Å². The number of hydrogen-bond acceptors (Lipinski definition) is 7. The predicted molar refractivity (Wildman–Crippen MR) is 215 cm³/mol. The van der Waals surface area contributed by atoms with Crippen molar-refractivity contribution < 1.29 is 42.7 Å². The Kier molecular flexibility index (Phi) is 31.1. The second-order valence-corrected chi connectivity index (χ2v) is 14.9. The van der Waals surface area contributed by atoms with E-state index in [9.17, 15) is 14.2 Å². The van der Waals surface area contributed by atoms with Gasteiger partial charge in [-0.25, -0.2) is 4.57 Å². The summed E-state index contributed by atoms with van der Waals surface area (Å²) in [5, 5.41) is 0. The van der Waals surface area contributed by atoms with Gasteiger partial charge in [0.25, 0.3) is 0 Å². The second-order valence-electron chi connectivity index (χ2n) is 13.6. The Morgan fingerprint density at radius 3 is 1.75 bits per heavy atom. The van der Waals surface area contributed by atoms with E-state index in [0.29, 0.717) is 25.0 Å². The minimum absolute atomic E-state index is 0.0792. The zero-order chi connectivity index (χ0) is 38.7. The molecule has 1 aliphatic rings. The maximum atomic E-state index is 12.4. The maximum Gasteiger partial charge on any atom is 0.469 e. The Morgan fingerprint density at radius 1 is 0.604 bits per heavy atom. The van der Waals surface area contributed by atoms with Crippen molar-refractivity contribution in [3.8, 4) is 0 Å². The second kappa shape index (κ2) is 34.0. The molecule has 0 spiro atoms. The number of epoxide rings is 1. The number of esters is 2. The van der Waals surface area contributed by atoms with E-state index >= 15 is 0 Å². The van der Waals surface area contributed by atoms with Gasteiger partial charge in [-0.05, 0) is 77.0 Å². The molecule has 1 fully saturated rings. The topological polar surface area (TPSA) is 132 Å². The van der Waals surface area contributed by atoms with E-state index in [1.807, 2.05) is 12.2 Å². The largest absolute Gasteiger partial charge is 0.469 e. The Hall–Kier alpha value is -2.55. The Morgan fingerprint density at radius 2 is 1.13 bits per heavy atom. The van der Waals surface area contributed by atoms with Gasteiger partial charge in [-0.2, -0.15) is 0 Å². The van der Waals surface area contributed by atoms with Crippen molar-refractivity contribution in [2.75, 3.05) is 13.2 Å². The number of carbonyl (C=O) groups excluding carboxylic acids is 2. The van der Waals surface area contributed by atoms with Crippen molar-refractivity contribution in [2.24, 2.45) is 0 Å². The molecule has 0 aliphatic carbocycles. The Balaban J connectivity index is 2.14. The standard InChI is InChI=1S/C43H71O9P/c1-3-5-7-8-9-10-11-12-13-14-15-16-17-18-19-20-25-28-32-36-43(45)51-39(38-50-53(46,47)48)37-49-42(44)35-31-27-24-22-21-23-26-30-34-41-40(52-41)33-29-6-4-2/h9-10,12-13,15-16,18-19,25-26,28,30,39-41H,3-8,11,14,17,20-24,27,29,31-38H2,1-2H3,(H2,46,47,48)/b10-9-,13-12-,16-15-,19-18-,28-25-,30-26-/t39-,40?,41?/m1/s1. The average Bonchev–Trinajstić information content (AvgIpc) is 3.88. The van der Waals surface area contributed by atoms with Crippen LogP contribution in [0.3, 0.4) is 0 Å². The summed E-state index contributed by atoms with van der Waals surface area (Å²) < 4.78 is 32.0. The molecule has 302 valence electrons. The molecule has 2 N–H and O–H groups in total. The minimum Gasteiger partial charge on any atom is -0.462 e. The molecule has 0 aromatic rings. The van der Waals surface area contributed by atoms with Crippen LogP contribution in [0, 0.1) is 0 Å². The van der Waals surface area contributed by atoms with Crippen LogP contribution in [-0.4, -0.2) is 53.3 Å². The molecule has 2 unspecified atom stereocenters. The molecule has 1 rings (SSSR count). The van der Waals surface area contributed by atoms with Gasteiger partial charge in [-0.15, -0.1) is 0 Å². The van der Waals surface area contributed by atoms with Crippen LogP contribution in [0.5, 0.6) is 0 Å². The summed E-state index contributed by atoms with van der Waals surface area (Å²) in [5.74, 6) is -1.01. The van der Waals surface area contributed by atoms with Crippen molar-refractivity contribution in [3.05, 3.63) is 72.9 Å². The van der Waals surface area contributed by atoms with Gasteiger partial charge in [-0.3, -0.25) is 14.1 Å². The highest BCUT2D eigenvalue weighted by Crippen LogP contribution is 2.36. The average molecular weight is 763 g/mol. The van der Waals surface area contributed by atoms with Gasteiger partial charge in [-0.1, -0.05) is 138 Å². The number of hydrogen-bond donors (Lipinski definition) is 2. The van der Waals surface area contributed by atoms with Gasteiger partial charge in [0, 0.05) is 12.8 Å². The summed E-state index contributed by atoms with van der Waals surface area (Å²) in [6.45, 7) is 3.53. The van der Waals surface area contributed by atoms with E-state index in [1.54, 1.807) is 0 Å². The molecule has 1 saturated heterocycles. The van der Waals surface area contributed by atoms with Crippen molar-refractivity contribution in [2.45, 2.75) is 173 Å². The van der Waals surface area contributed by atoms with Gasteiger partial charge < -0.3 is 24.0 Å². The van der Waals surface area contributed by atoms with E-state index in [-0.39, 0.29) is 19.4 Å². The normalized spacial score (nSPS) is 17.1. The third-order valence-corrected chi connectivity index (χ3v) is 9.12. The molecule has 3 atom stereocenters. The van der Waals surface area contributed by atoms with Gasteiger partial charge in [0.2, 0.25) is 0 Å². The molecule has 0 radical (unpaired) electrons. The molecule has 9 nitrogen and oxygen atoms in total. The lowest BCUT2D eigenvalue weighted by atomic mass is 10.1. The van der Waals surface area contributed by atoms with Crippen LogP contribution in [-0.2, 0) is 32.9 Å². The van der Waals surface area contributed by atoms with Crippen molar-refractivity contribution in [3.63, 3.8) is 0 Å². The fourth-order valence-electron chi connectivity index (χ4n) is 5.48. The van der Waals surface area contributed by atoms with Crippen LogP contribution in [0.1, 0.15) is 155 Å². The number of phosphoric ester groups is 1. The van der Waals surface area contributed by atoms with E-state index in [0.717, 1.165) is 64.2 Å². The number of carbonyl (C=O) groups is 2. The number of phosphoric acid groups is 1. The highest BCUT2D eigenvalue weighted by Gasteiger charge is 2.36. The smallest absolute Gasteiger partial charge is 0.462 e. The highest BCUT2D eigenvalue weighted by molar-refractivity contribution is 7.46. The first-order valence-electron chi connectivity index (χ1n) is 20.4. The molecule has 0 amide bonds. The van der Waals surface area contributed by atoms with Crippen LogP contribution in [0.2, 0.25) is 0 Å². The molecule has 0 saturated carbocycles. The Bertz CT molecular complexity index is 1150. The number of rotatable bonds is 35. The van der Waals surface area contributed by atoms with Crippen LogP contribution in [0.25, 0.3) is 0 Å². The summed E-state index contributed by atoms with van der Waals surface area (Å²) in [7, 11) is -4.78. The van der Waals surface area contributed by atoms with Crippen molar-refractivity contribution in [1.29, 1.82) is 0 Å². The number of unbranched alkanes of at least 4 members (excludes halogenated alkanes) is 10. The first-order valence-corrected chi connectivity index (χ1v) is 21.9. The fourth-order valence-corrected chi connectivity index (χ4v) is 5.84. The van der Waals surface area contributed by atoms with Gasteiger partial charge in [0.05, 0.1) is 18.8 Å². The summed E-state index contributed by atoms with van der Waals surface area (Å²) in [6, 6.07) is 0. The number of allylic oxidation sites excluding steroid dienone is 11. The maximum absolute atomic E-state index is 12.4. The predicted octanol–water partition coefficient (Wildman–Crippen LogP) is 11.3. The zero-order valence-corrected chi connectivity index (χ0v) is 33.7. The molecule has 0 aromatic heterocycles. The van der Waals surface area contributed by atoms with Crippen LogP contribution in [0.15, 0.2) is 72.9 Å². The highest BCUT2D eigenvalue weighted by atomic mass is 31.2. The van der Waals surface area contributed by atoms with Gasteiger partial charge in [0.15, 0.2) is 6.10 Å². The van der Waals surface area contributed by atoms with E-state index in [4.69, 9.17) is 24.0 Å². The van der Waals surface area contributed by atoms with Crippen molar-refractivity contribution in [1.82, 2.24) is 0 Å². The third-order valence-electron chi connectivity index (χ3n) is 8.63. The zero-order valence-electron chi connectivity index (χ0n) is 32.8. The van der Waals surface area contributed by atoms with E-state index in [1.165, 1.54) is 51.4 Å². The number of ether oxygens (including phenoxy) is 3. The molecular weight excluding hydrogens is 691 g/mol. The molecule has 0 aromatic carbocycles. The summed E-state index contributed by atoms with van der Waals surface area (Å²) in [4.78, 5) is 42.8.